The first kappa shape index (κ1) is 13.4. The SMILES string of the molecule is Cc1cc(NC(CO)C(C)C)ncc1[N+](=O)[O-]. The fraction of sp³-hybridized carbons (Fsp3) is 0.545. The molecule has 1 atom stereocenters. The molecule has 1 unspecified atom stereocenters. The Balaban J connectivity index is 2.87. The lowest BCUT2D eigenvalue weighted by Crippen LogP contribution is -2.29. The second kappa shape index (κ2) is 5.58. The van der Waals surface area contributed by atoms with E-state index in [0.29, 0.717) is 11.4 Å². The Morgan fingerprint density at radius 3 is 2.65 bits per heavy atom. The Kier molecular flexibility index (Phi) is 4.39. The van der Waals surface area contributed by atoms with Crippen LogP contribution >= 0.6 is 0 Å². The van der Waals surface area contributed by atoms with Crippen molar-refractivity contribution in [2.75, 3.05) is 11.9 Å². The summed E-state index contributed by atoms with van der Waals surface area (Å²) >= 11 is 0. The molecule has 1 aromatic rings. The van der Waals surface area contributed by atoms with Gasteiger partial charge >= 0.3 is 0 Å². The topological polar surface area (TPSA) is 88.3 Å². The molecule has 1 heterocycles. The highest BCUT2D eigenvalue weighted by Crippen LogP contribution is 2.20. The van der Waals surface area contributed by atoms with Gasteiger partial charge in [0.2, 0.25) is 0 Å². The average molecular weight is 239 g/mol. The number of hydrogen-bond donors (Lipinski definition) is 2. The van der Waals surface area contributed by atoms with Crippen LogP contribution in [0.25, 0.3) is 0 Å². The third kappa shape index (κ3) is 3.39. The molecule has 0 aliphatic heterocycles. The molecule has 6 heteroatoms. The molecule has 0 bridgehead atoms. The minimum atomic E-state index is -0.460. The lowest BCUT2D eigenvalue weighted by molar-refractivity contribution is -0.385. The van der Waals surface area contributed by atoms with Crippen molar-refractivity contribution in [3.8, 4) is 0 Å². The van der Waals surface area contributed by atoms with Gasteiger partial charge in [-0.3, -0.25) is 10.1 Å². The van der Waals surface area contributed by atoms with Crippen molar-refractivity contribution >= 4 is 11.5 Å². The number of aliphatic hydroxyl groups is 1. The second-order valence-corrected chi connectivity index (χ2v) is 4.29. The van der Waals surface area contributed by atoms with Gasteiger partial charge in [-0.25, -0.2) is 4.98 Å². The zero-order chi connectivity index (χ0) is 13.0. The van der Waals surface area contributed by atoms with Crippen LogP contribution in [0.4, 0.5) is 11.5 Å². The van der Waals surface area contributed by atoms with Crippen molar-refractivity contribution in [1.29, 1.82) is 0 Å². The zero-order valence-electron chi connectivity index (χ0n) is 10.2. The van der Waals surface area contributed by atoms with Gasteiger partial charge in [-0.05, 0) is 18.9 Å². The van der Waals surface area contributed by atoms with Crippen LogP contribution in [0.5, 0.6) is 0 Å². The van der Waals surface area contributed by atoms with Gasteiger partial charge in [-0.1, -0.05) is 13.8 Å². The van der Waals surface area contributed by atoms with E-state index in [9.17, 15) is 15.2 Å². The number of rotatable bonds is 5. The normalized spacial score (nSPS) is 12.5. The summed E-state index contributed by atoms with van der Waals surface area (Å²) in [7, 11) is 0. The summed E-state index contributed by atoms with van der Waals surface area (Å²) in [6.07, 6.45) is 1.23. The second-order valence-electron chi connectivity index (χ2n) is 4.29. The number of nitro groups is 1. The van der Waals surface area contributed by atoms with E-state index < -0.39 is 4.92 Å². The summed E-state index contributed by atoms with van der Waals surface area (Å²) in [5.74, 6) is 0.790. The number of anilines is 1. The highest BCUT2D eigenvalue weighted by molar-refractivity contribution is 5.47. The van der Waals surface area contributed by atoms with Crippen LogP contribution in [0.2, 0.25) is 0 Å². The Bertz CT molecular complexity index is 407. The molecule has 1 rings (SSSR count). The lowest BCUT2D eigenvalue weighted by atomic mass is 10.1. The van der Waals surface area contributed by atoms with Crippen molar-refractivity contribution in [3.63, 3.8) is 0 Å². The number of aromatic nitrogens is 1. The molecular formula is C11H17N3O3. The Morgan fingerprint density at radius 1 is 1.59 bits per heavy atom. The molecule has 0 fully saturated rings. The number of aryl methyl sites for hydroxylation is 1. The first-order valence-corrected chi connectivity index (χ1v) is 5.44. The summed E-state index contributed by atoms with van der Waals surface area (Å²) in [5.41, 5.74) is 0.550. The van der Waals surface area contributed by atoms with Crippen LogP contribution in [-0.2, 0) is 0 Å². The summed E-state index contributed by atoms with van der Waals surface area (Å²) in [5, 5.41) is 22.8. The predicted molar refractivity (Wildman–Crippen MR) is 65.0 cm³/mol. The maximum atomic E-state index is 10.6. The van der Waals surface area contributed by atoms with Gasteiger partial charge in [0, 0.05) is 5.56 Å². The molecule has 6 nitrogen and oxygen atoms in total. The van der Waals surface area contributed by atoms with Gasteiger partial charge in [0.15, 0.2) is 0 Å². The van der Waals surface area contributed by atoms with Crippen molar-refractivity contribution in [3.05, 3.63) is 27.9 Å². The third-order valence-corrected chi connectivity index (χ3v) is 2.61. The van der Waals surface area contributed by atoms with E-state index in [2.05, 4.69) is 10.3 Å². The molecule has 0 amide bonds. The number of aliphatic hydroxyl groups excluding tert-OH is 1. The van der Waals surface area contributed by atoms with Gasteiger partial charge in [0.1, 0.15) is 12.0 Å². The van der Waals surface area contributed by atoms with E-state index >= 15 is 0 Å². The zero-order valence-corrected chi connectivity index (χ0v) is 10.2. The van der Waals surface area contributed by atoms with Crippen LogP contribution in [0.1, 0.15) is 19.4 Å². The molecule has 94 valence electrons. The molecule has 1 aromatic heterocycles. The minimum Gasteiger partial charge on any atom is -0.394 e. The molecule has 0 aliphatic rings. The first-order valence-electron chi connectivity index (χ1n) is 5.44. The molecule has 0 saturated heterocycles. The number of hydrogen-bond acceptors (Lipinski definition) is 5. The van der Waals surface area contributed by atoms with Gasteiger partial charge in [-0.2, -0.15) is 0 Å². The predicted octanol–water partition coefficient (Wildman–Crippen LogP) is 1.73. The molecular weight excluding hydrogens is 222 g/mol. The van der Waals surface area contributed by atoms with Crippen LogP contribution in [0.15, 0.2) is 12.3 Å². The monoisotopic (exact) mass is 239 g/mol. The van der Waals surface area contributed by atoms with E-state index in [1.807, 2.05) is 13.8 Å². The van der Waals surface area contributed by atoms with Crippen LogP contribution in [0, 0.1) is 23.0 Å². The molecule has 2 N–H and O–H groups in total. The van der Waals surface area contributed by atoms with Gasteiger partial charge < -0.3 is 10.4 Å². The molecule has 0 aliphatic carbocycles. The van der Waals surface area contributed by atoms with Crippen LogP contribution in [0.3, 0.4) is 0 Å². The molecule has 17 heavy (non-hydrogen) atoms. The summed E-state index contributed by atoms with van der Waals surface area (Å²) < 4.78 is 0. The van der Waals surface area contributed by atoms with Gasteiger partial charge in [0.05, 0.1) is 17.6 Å². The number of nitrogens with one attached hydrogen (secondary N) is 1. The van der Waals surface area contributed by atoms with E-state index in [4.69, 9.17) is 0 Å². The van der Waals surface area contributed by atoms with E-state index in [-0.39, 0.29) is 24.3 Å². The van der Waals surface area contributed by atoms with Crippen molar-refractivity contribution in [2.24, 2.45) is 5.92 Å². The first-order chi connectivity index (χ1) is 7.95. The standard InChI is InChI=1S/C11H17N3O3/c1-7(2)9(6-15)13-11-4-8(3)10(5-12-11)14(16)17/h4-5,7,9,15H,6H2,1-3H3,(H,12,13). The Labute approximate surface area is 99.8 Å². The maximum absolute atomic E-state index is 10.6. The summed E-state index contributed by atoms with van der Waals surface area (Å²) in [6, 6.07) is 1.51. The quantitative estimate of drug-likeness (QED) is 0.603. The smallest absolute Gasteiger partial charge is 0.290 e. The van der Waals surface area contributed by atoms with E-state index in [1.165, 1.54) is 6.20 Å². The lowest BCUT2D eigenvalue weighted by Gasteiger charge is -2.20. The minimum absolute atomic E-state index is 0.000598. The highest BCUT2D eigenvalue weighted by atomic mass is 16.6. The maximum Gasteiger partial charge on any atom is 0.290 e. The number of pyridine rings is 1. The summed E-state index contributed by atoms with van der Waals surface area (Å²) in [6.45, 7) is 5.61. The average Bonchev–Trinajstić information content (AvgIpc) is 2.24. The van der Waals surface area contributed by atoms with E-state index in [1.54, 1.807) is 13.0 Å². The molecule has 0 aromatic carbocycles. The Hall–Kier alpha value is -1.69. The van der Waals surface area contributed by atoms with Crippen molar-refractivity contribution in [2.45, 2.75) is 26.8 Å². The number of nitrogens with zero attached hydrogens (tertiary/aromatic N) is 2. The third-order valence-electron chi connectivity index (χ3n) is 2.61. The van der Waals surface area contributed by atoms with Crippen molar-refractivity contribution < 1.29 is 10.0 Å². The highest BCUT2D eigenvalue weighted by Gasteiger charge is 2.15. The van der Waals surface area contributed by atoms with E-state index in [0.717, 1.165) is 0 Å². The van der Waals surface area contributed by atoms with Gasteiger partial charge in [0.25, 0.3) is 5.69 Å². The van der Waals surface area contributed by atoms with Crippen molar-refractivity contribution in [1.82, 2.24) is 4.98 Å². The molecule has 0 saturated carbocycles. The Morgan fingerprint density at radius 2 is 2.24 bits per heavy atom. The van der Waals surface area contributed by atoms with Gasteiger partial charge in [-0.15, -0.1) is 0 Å². The van der Waals surface area contributed by atoms with Crippen LogP contribution in [-0.4, -0.2) is 27.7 Å². The fourth-order valence-corrected chi connectivity index (χ4v) is 1.43. The largest absolute Gasteiger partial charge is 0.394 e. The summed E-state index contributed by atoms with van der Waals surface area (Å²) in [4.78, 5) is 14.1. The fourth-order valence-electron chi connectivity index (χ4n) is 1.43. The molecule has 0 spiro atoms. The van der Waals surface area contributed by atoms with Crippen LogP contribution < -0.4 is 5.32 Å². The molecule has 0 radical (unpaired) electrons.